The summed E-state index contributed by atoms with van der Waals surface area (Å²) in [6, 6.07) is 5.97. The van der Waals surface area contributed by atoms with Gasteiger partial charge in [-0.15, -0.1) is 5.10 Å². The maximum Gasteiger partial charge on any atom is 0.254 e. The predicted octanol–water partition coefficient (Wildman–Crippen LogP) is 1.40. The highest BCUT2D eigenvalue weighted by molar-refractivity contribution is 6.09. The monoisotopic (exact) mass is 356 g/mol. The molecule has 136 valence electrons. The first kappa shape index (κ1) is 17.6. The Bertz CT molecular complexity index is 845. The smallest absolute Gasteiger partial charge is 0.254 e. The van der Waals surface area contributed by atoms with Gasteiger partial charge in [-0.1, -0.05) is 26.0 Å². The first-order valence-corrected chi connectivity index (χ1v) is 8.37. The maximum absolute atomic E-state index is 12.3. The second-order valence-electron chi connectivity index (χ2n) is 6.35. The number of para-hydroxylation sites is 1. The molecule has 0 aliphatic carbocycles. The number of fused-ring (bicyclic) bond motifs is 1. The first-order chi connectivity index (χ1) is 12.4. The highest BCUT2D eigenvalue weighted by Crippen LogP contribution is 2.19. The van der Waals surface area contributed by atoms with Crippen LogP contribution in [0, 0.1) is 0 Å². The first-order valence-electron chi connectivity index (χ1n) is 8.37. The van der Waals surface area contributed by atoms with E-state index < -0.39 is 6.04 Å². The van der Waals surface area contributed by atoms with Gasteiger partial charge in [0.25, 0.3) is 5.91 Å². The number of amides is 3. The van der Waals surface area contributed by atoms with Crippen molar-refractivity contribution in [3.63, 3.8) is 0 Å². The summed E-state index contributed by atoms with van der Waals surface area (Å²) in [6.07, 6.45) is 0.207. The fourth-order valence-electron chi connectivity index (χ4n) is 2.57. The average Bonchev–Trinajstić information content (AvgIpc) is 3.02. The zero-order valence-corrected chi connectivity index (χ0v) is 14.5. The molecule has 3 rings (SSSR count). The molecule has 9 heteroatoms. The third-order valence-electron chi connectivity index (χ3n) is 4.01. The van der Waals surface area contributed by atoms with Crippen LogP contribution in [0.3, 0.4) is 0 Å². The van der Waals surface area contributed by atoms with Crippen LogP contribution < -0.4 is 16.0 Å². The van der Waals surface area contributed by atoms with Crippen molar-refractivity contribution in [2.45, 2.75) is 38.6 Å². The Labute approximate surface area is 150 Å². The molecule has 0 bridgehead atoms. The standard InChI is InChI=1S/C17H20N6O3/c1-9(2)14-21-17(23-22-14)20-13(24)8-7-12-16(26)18-11-6-4-3-5-10(11)15(25)19-12/h3-6,9,12H,7-8H2,1-2H3,(H,18,26)(H,19,25)(H2,20,21,22,23,24)/t12-/m1/s1. The summed E-state index contributed by atoms with van der Waals surface area (Å²) in [5, 5.41) is 14.6. The molecule has 9 nitrogen and oxygen atoms in total. The number of nitrogens with zero attached hydrogens (tertiary/aromatic N) is 2. The summed E-state index contributed by atoms with van der Waals surface area (Å²) in [4.78, 5) is 40.8. The normalized spacial score (nSPS) is 16.5. The van der Waals surface area contributed by atoms with E-state index in [4.69, 9.17) is 0 Å². The van der Waals surface area contributed by atoms with E-state index in [9.17, 15) is 14.4 Å². The van der Waals surface area contributed by atoms with Crippen LogP contribution in [0.25, 0.3) is 0 Å². The molecule has 0 saturated carbocycles. The lowest BCUT2D eigenvalue weighted by Crippen LogP contribution is -2.41. The zero-order valence-electron chi connectivity index (χ0n) is 14.5. The fraction of sp³-hybridized carbons (Fsp3) is 0.353. The SMILES string of the molecule is CC(C)c1nc(NC(=O)CC[C@H]2NC(=O)c3ccccc3NC2=O)n[nH]1. The number of nitrogens with one attached hydrogen (secondary N) is 4. The van der Waals surface area contributed by atoms with E-state index in [0.717, 1.165) is 0 Å². The van der Waals surface area contributed by atoms with Crippen molar-refractivity contribution in [2.24, 2.45) is 0 Å². The number of hydrogen-bond acceptors (Lipinski definition) is 5. The predicted molar refractivity (Wildman–Crippen MR) is 94.7 cm³/mol. The number of aromatic amines is 1. The van der Waals surface area contributed by atoms with Crippen molar-refractivity contribution in [1.82, 2.24) is 20.5 Å². The maximum atomic E-state index is 12.3. The third kappa shape index (κ3) is 3.88. The van der Waals surface area contributed by atoms with E-state index in [2.05, 4.69) is 31.1 Å². The number of H-pyrrole nitrogens is 1. The molecule has 26 heavy (non-hydrogen) atoms. The summed E-state index contributed by atoms with van der Waals surface area (Å²) in [7, 11) is 0. The molecule has 2 heterocycles. The highest BCUT2D eigenvalue weighted by atomic mass is 16.2. The van der Waals surface area contributed by atoms with Crippen molar-refractivity contribution in [3.05, 3.63) is 35.7 Å². The van der Waals surface area contributed by atoms with Gasteiger partial charge in [-0.2, -0.15) is 4.98 Å². The molecule has 0 saturated heterocycles. The van der Waals surface area contributed by atoms with Crippen LogP contribution in [0.15, 0.2) is 24.3 Å². The number of carbonyl (C=O) groups excluding carboxylic acids is 3. The molecule has 1 aliphatic rings. The summed E-state index contributed by atoms with van der Waals surface area (Å²) in [5.74, 6) is 0.00715. The van der Waals surface area contributed by atoms with Gasteiger partial charge in [-0.05, 0) is 18.6 Å². The largest absolute Gasteiger partial charge is 0.340 e. The summed E-state index contributed by atoms with van der Waals surface area (Å²) in [5.41, 5.74) is 0.860. The molecule has 1 aromatic carbocycles. The fourth-order valence-corrected chi connectivity index (χ4v) is 2.57. The van der Waals surface area contributed by atoms with E-state index in [1.165, 1.54) is 0 Å². The average molecular weight is 356 g/mol. The van der Waals surface area contributed by atoms with Crippen molar-refractivity contribution in [1.29, 1.82) is 0 Å². The van der Waals surface area contributed by atoms with Gasteiger partial charge < -0.3 is 10.6 Å². The second-order valence-corrected chi connectivity index (χ2v) is 6.35. The summed E-state index contributed by atoms with van der Waals surface area (Å²) in [6.45, 7) is 3.91. The Morgan fingerprint density at radius 1 is 1.27 bits per heavy atom. The highest BCUT2D eigenvalue weighted by Gasteiger charge is 2.27. The Morgan fingerprint density at radius 3 is 2.77 bits per heavy atom. The van der Waals surface area contributed by atoms with Gasteiger partial charge in [0.2, 0.25) is 17.8 Å². The molecule has 1 aromatic heterocycles. The topological polar surface area (TPSA) is 129 Å². The van der Waals surface area contributed by atoms with Crippen LogP contribution in [0.5, 0.6) is 0 Å². The lowest BCUT2D eigenvalue weighted by molar-refractivity contribution is -0.118. The van der Waals surface area contributed by atoms with Gasteiger partial charge in [-0.25, -0.2) is 0 Å². The van der Waals surface area contributed by atoms with E-state index in [0.29, 0.717) is 17.1 Å². The van der Waals surface area contributed by atoms with Crippen LogP contribution in [0.1, 0.15) is 48.8 Å². The van der Waals surface area contributed by atoms with E-state index in [1.54, 1.807) is 24.3 Å². The van der Waals surface area contributed by atoms with Gasteiger partial charge in [0.1, 0.15) is 11.9 Å². The molecule has 0 radical (unpaired) electrons. The van der Waals surface area contributed by atoms with Crippen LogP contribution in [0.4, 0.5) is 11.6 Å². The molecule has 1 atom stereocenters. The number of hydrogen-bond donors (Lipinski definition) is 4. The van der Waals surface area contributed by atoms with E-state index in [1.807, 2.05) is 13.8 Å². The quantitative estimate of drug-likeness (QED) is 0.643. The van der Waals surface area contributed by atoms with Gasteiger partial charge in [0, 0.05) is 12.3 Å². The molecule has 1 aliphatic heterocycles. The van der Waals surface area contributed by atoms with Crippen molar-refractivity contribution in [2.75, 3.05) is 10.6 Å². The molecule has 4 N–H and O–H groups in total. The molecule has 0 unspecified atom stereocenters. The summed E-state index contributed by atoms with van der Waals surface area (Å²) < 4.78 is 0. The number of anilines is 2. The van der Waals surface area contributed by atoms with Crippen molar-refractivity contribution < 1.29 is 14.4 Å². The number of carbonyl (C=O) groups is 3. The van der Waals surface area contributed by atoms with Crippen LogP contribution in [-0.2, 0) is 9.59 Å². The van der Waals surface area contributed by atoms with Crippen molar-refractivity contribution >= 4 is 29.4 Å². The molecular formula is C17H20N6O3. The lowest BCUT2D eigenvalue weighted by atomic mass is 10.1. The molecule has 0 fully saturated rings. The number of benzene rings is 1. The summed E-state index contributed by atoms with van der Waals surface area (Å²) >= 11 is 0. The zero-order chi connectivity index (χ0) is 18.7. The Morgan fingerprint density at radius 2 is 2.04 bits per heavy atom. The van der Waals surface area contributed by atoms with Gasteiger partial charge >= 0.3 is 0 Å². The van der Waals surface area contributed by atoms with Crippen LogP contribution in [-0.4, -0.2) is 38.9 Å². The molecule has 0 spiro atoms. The lowest BCUT2D eigenvalue weighted by Gasteiger charge is -2.13. The number of aromatic nitrogens is 3. The number of rotatable bonds is 5. The Kier molecular flexibility index (Phi) is 4.97. The van der Waals surface area contributed by atoms with Gasteiger partial charge in [0.05, 0.1) is 11.3 Å². The minimum atomic E-state index is -0.793. The molecule has 2 aromatic rings. The van der Waals surface area contributed by atoms with Gasteiger partial charge in [-0.3, -0.25) is 24.8 Å². The van der Waals surface area contributed by atoms with E-state index >= 15 is 0 Å². The Balaban J connectivity index is 1.58. The molecular weight excluding hydrogens is 336 g/mol. The minimum absolute atomic E-state index is 0.0419. The van der Waals surface area contributed by atoms with E-state index in [-0.39, 0.29) is 42.4 Å². The minimum Gasteiger partial charge on any atom is -0.340 e. The third-order valence-corrected chi connectivity index (χ3v) is 4.01. The van der Waals surface area contributed by atoms with Crippen molar-refractivity contribution in [3.8, 4) is 0 Å². The second kappa shape index (κ2) is 7.34. The Hall–Kier alpha value is -3.23. The van der Waals surface area contributed by atoms with Crippen LogP contribution >= 0.6 is 0 Å². The van der Waals surface area contributed by atoms with Crippen LogP contribution in [0.2, 0.25) is 0 Å². The van der Waals surface area contributed by atoms with Gasteiger partial charge in [0.15, 0.2) is 0 Å². The molecule has 3 amide bonds.